The van der Waals surface area contributed by atoms with Crippen LogP contribution < -0.4 is 10.5 Å². The van der Waals surface area contributed by atoms with Crippen molar-refractivity contribution in [2.75, 3.05) is 13.1 Å². The van der Waals surface area contributed by atoms with Gasteiger partial charge in [0.15, 0.2) is 4.96 Å². The molecule has 1 aliphatic carbocycles. The van der Waals surface area contributed by atoms with E-state index in [1.807, 2.05) is 4.40 Å². The molecule has 0 spiro atoms. The second-order valence-corrected chi connectivity index (χ2v) is 9.32. The summed E-state index contributed by atoms with van der Waals surface area (Å²) in [6, 6.07) is 0. The number of nitrogens with one attached hydrogen (secondary N) is 1. The van der Waals surface area contributed by atoms with Crippen molar-refractivity contribution in [3.05, 3.63) is 31.9 Å². The van der Waals surface area contributed by atoms with Crippen LogP contribution >= 0.6 is 22.7 Å². The summed E-state index contributed by atoms with van der Waals surface area (Å²) in [5.41, 5.74) is 1.45. The molecular weight excluding hydrogens is 338 g/mol. The molecule has 0 amide bonds. The maximum absolute atomic E-state index is 13.1. The van der Waals surface area contributed by atoms with Crippen molar-refractivity contribution in [1.29, 1.82) is 0 Å². The van der Waals surface area contributed by atoms with Crippen LogP contribution in [0.5, 0.6) is 0 Å². The van der Waals surface area contributed by atoms with Gasteiger partial charge in [0.2, 0.25) is 0 Å². The number of fused-ring (bicyclic) bond motifs is 4. The molecule has 3 aromatic heterocycles. The van der Waals surface area contributed by atoms with Gasteiger partial charge in [-0.15, -0.1) is 11.3 Å². The molecule has 0 saturated carbocycles. The van der Waals surface area contributed by atoms with Crippen molar-refractivity contribution in [3.63, 3.8) is 0 Å². The van der Waals surface area contributed by atoms with Crippen molar-refractivity contribution >= 4 is 37.9 Å². The molecule has 1 saturated heterocycles. The number of thiazole rings is 1. The van der Waals surface area contributed by atoms with E-state index in [1.54, 1.807) is 27.6 Å². The zero-order chi connectivity index (χ0) is 16.1. The van der Waals surface area contributed by atoms with Gasteiger partial charge in [0, 0.05) is 11.1 Å². The zero-order valence-electron chi connectivity index (χ0n) is 13.8. The summed E-state index contributed by atoms with van der Waals surface area (Å²) < 4.78 is 1.81. The predicted octanol–water partition coefficient (Wildman–Crippen LogP) is 2.42. The molecule has 0 bridgehead atoms. The van der Waals surface area contributed by atoms with Crippen LogP contribution in [-0.4, -0.2) is 22.5 Å². The third-order valence-electron chi connectivity index (χ3n) is 5.47. The molecule has 0 unspecified atom stereocenters. The number of likely N-dealkylation sites (tertiary alicyclic amines) is 1. The Morgan fingerprint density at radius 2 is 1.92 bits per heavy atom. The number of aromatic nitrogens is 2. The Morgan fingerprint density at radius 1 is 1.08 bits per heavy atom. The van der Waals surface area contributed by atoms with Gasteiger partial charge in [-0.1, -0.05) is 11.3 Å². The maximum atomic E-state index is 13.1. The minimum atomic E-state index is 0.158. The predicted molar refractivity (Wildman–Crippen MR) is 99.6 cm³/mol. The third kappa shape index (κ3) is 2.43. The number of quaternary nitrogens is 1. The van der Waals surface area contributed by atoms with E-state index in [1.165, 1.54) is 60.5 Å². The van der Waals surface area contributed by atoms with Crippen molar-refractivity contribution in [1.82, 2.24) is 9.38 Å². The third-order valence-corrected chi connectivity index (χ3v) is 7.64. The first-order valence-corrected chi connectivity index (χ1v) is 10.7. The summed E-state index contributed by atoms with van der Waals surface area (Å²) >= 11 is 3.45. The SMILES string of the molecule is O=c1c2c3c(sc2nc2sc(C[NH+]4CCCCC4)cn12)CCCC3. The average Bonchev–Trinajstić information content (AvgIpc) is 3.17. The normalized spacial score (nSPS) is 19.2. The Kier molecular flexibility index (Phi) is 3.72. The molecule has 0 aromatic carbocycles. The molecule has 1 fully saturated rings. The minimum absolute atomic E-state index is 0.158. The van der Waals surface area contributed by atoms with E-state index in [9.17, 15) is 4.79 Å². The van der Waals surface area contributed by atoms with Crippen LogP contribution in [0.1, 0.15) is 47.4 Å². The molecule has 0 radical (unpaired) electrons. The van der Waals surface area contributed by atoms with Gasteiger partial charge in [0.1, 0.15) is 11.4 Å². The quantitative estimate of drug-likeness (QED) is 0.762. The molecule has 24 heavy (non-hydrogen) atoms. The molecule has 2 aliphatic rings. The van der Waals surface area contributed by atoms with Crippen molar-refractivity contribution in [2.24, 2.45) is 0 Å². The summed E-state index contributed by atoms with van der Waals surface area (Å²) in [7, 11) is 0. The summed E-state index contributed by atoms with van der Waals surface area (Å²) in [6.07, 6.45) is 10.7. The molecule has 3 aromatic rings. The number of rotatable bonds is 2. The van der Waals surface area contributed by atoms with E-state index in [-0.39, 0.29) is 5.56 Å². The van der Waals surface area contributed by atoms with E-state index in [2.05, 4.69) is 6.20 Å². The highest BCUT2D eigenvalue weighted by atomic mass is 32.1. The molecule has 1 aliphatic heterocycles. The molecule has 5 rings (SSSR count). The molecule has 126 valence electrons. The number of hydrogen-bond donors (Lipinski definition) is 1. The lowest BCUT2D eigenvalue weighted by molar-refractivity contribution is -0.918. The van der Waals surface area contributed by atoms with Crippen LogP contribution in [0.2, 0.25) is 0 Å². The topological polar surface area (TPSA) is 38.8 Å². The van der Waals surface area contributed by atoms with E-state index in [4.69, 9.17) is 4.98 Å². The van der Waals surface area contributed by atoms with E-state index in [0.717, 1.165) is 34.6 Å². The van der Waals surface area contributed by atoms with Gasteiger partial charge in [0.25, 0.3) is 5.56 Å². The average molecular weight is 361 g/mol. The van der Waals surface area contributed by atoms with Crippen molar-refractivity contribution < 1.29 is 4.90 Å². The Morgan fingerprint density at radius 3 is 2.79 bits per heavy atom. The Hall–Kier alpha value is -1.24. The van der Waals surface area contributed by atoms with E-state index < -0.39 is 0 Å². The van der Waals surface area contributed by atoms with E-state index in [0.29, 0.717) is 0 Å². The zero-order valence-corrected chi connectivity index (χ0v) is 15.4. The first-order valence-electron chi connectivity index (χ1n) is 9.08. The van der Waals surface area contributed by atoms with Gasteiger partial charge in [0.05, 0.1) is 23.4 Å². The van der Waals surface area contributed by atoms with Gasteiger partial charge < -0.3 is 4.90 Å². The highest BCUT2D eigenvalue weighted by Gasteiger charge is 2.22. The first kappa shape index (κ1) is 15.0. The van der Waals surface area contributed by atoms with Crippen LogP contribution in [0.25, 0.3) is 15.2 Å². The van der Waals surface area contributed by atoms with Gasteiger partial charge in [-0.25, -0.2) is 4.98 Å². The minimum Gasteiger partial charge on any atom is -0.330 e. The van der Waals surface area contributed by atoms with Crippen LogP contribution in [0.15, 0.2) is 11.0 Å². The largest absolute Gasteiger partial charge is 0.330 e. The second kappa shape index (κ2) is 5.93. The molecular formula is C18H22N3OS2+. The smallest absolute Gasteiger partial charge is 0.267 e. The van der Waals surface area contributed by atoms with Crippen LogP contribution in [0, 0.1) is 0 Å². The van der Waals surface area contributed by atoms with Gasteiger partial charge in [-0.05, 0) is 50.5 Å². The van der Waals surface area contributed by atoms with Crippen LogP contribution in [-0.2, 0) is 19.4 Å². The molecule has 6 heteroatoms. The van der Waals surface area contributed by atoms with Gasteiger partial charge in [-0.2, -0.15) is 0 Å². The number of nitrogens with zero attached hydrogens (tertiary/aromatic N) is 2. The molecule has 1 N–H and O–H groups in total. The Labute approximate surface area is 148 Å². The highest BCUT2D eigenvalue weighted by molar-refractivity contribution is 7.19. The van der Waals surface area contributed by atoms with E-state index >= 15 is 0 Å². The van der Waals surface area contributed by atoms with Crippen molar-refractivity contribution in [3.8, 4) is 0 Å². The number of aryl methyl sites for hydroxylation is 2. The Balaban J connectivity index is 1.59. The summed E-state index contributed by atoms with van der Waals surface area (Å²) in [5.74, 6) is 0. The maximum Gasteiger partial charge on any atom is 0.267 e. The lowest BCUT2D eigenvalue weighted by Crippen LogP contribution is -3.11. The fourth-order valence-corrected chi connectivity index (χ4v) is 6.58. The summed E-state index contributed by atoms with van der Waals surface area (Å²) in [6.45, 7) is 3.57. The molecule has 4 nitrogen and oxygen atoms in total. The fourth-order valence-electron chi connectivity index (χ4n) is 4.23. The number of thiophene rings is 1. The Bertz CT molecular complexity index is 962. The second-order valence-electron chi connectivity index (χ2n) is 7.15. The van der Waals surface area contributed by atoms with Crippen LogP contribution in [0.4, 0.5) is 0 Å². The van der Waals surface area contributed by atoms with Gasteiger partial charge >= 0.3 is 0 Å². The lowest BCUT2D eigenvalue weighted by atomic mass is 9.97. The standard InChI is InChI=1S/C18H21N3OS2/c22-17-15-13-6-2-3-7-14(13)24-16(15)19-18-21(17)11-12(23-18)10-20-8-4-1-5-9-20/h11H,1-10H2/p+1. The highest BCUT2D eigenvalue weighted by Crippen LogP contribution is 2.34. The van der Waals surface area contributed by atoms with Crippen molar-refractivity contribution in [2.45, 2.75) is 51.5 Å². The first-order chi connectivity index (χ1) is 11.8. The lowest BCUT2D eigenvalue weighted by Gasteiger charge is -2.22. The molecule has 4 heterocycles. The summed E-state index contributed by atoms with van der Waals surface area (Å²) in [4.78, 5) is 24.1. The van der Waals surface area contributed by atoms with Crippen LogP contribution in [0.3, 0.4) is 0 Å². The number of piperidine rings is 1. The summed E-state index contributed by atoms with van der Waals surface area (Å²) in [5, 5.41) is 0.905. The molecule has 0 atom stereocenters. The van der Waals surface area contributed by atoms with Gasteiger partial charge in [-0.3, -0.25) is 9.20 Å². The monoisotopic (exact) mass is 360 g/mol. The fraction of sp³-hybridized carbons (Fsp3) is 0.556. The number of hydrogen-bond acceptors (Lipinski definition) is 4.